The van der Waals surface area contributed by atoms with Crippen LogP contribution < -0.4 is 9.47 Å². The van der Waals surface area contributed by atoms with Gasteiger partial charge in [0.2, 0.25) is 6.29 Å². The summed E-state index contributed by atoms with van der Waals surface area (Å²) in [6.07, 6.45) is -4.79. The molecule has 0 spiro atoms. The molecule has 7 nitrogen and oxygen atoms in total. The summed E-state index contributed by atoms with van der Waals surface area (Å²) in [7, 11) is 0. The summed E-state index contributed by atoms with van der Waals surface area (Å²) in [4.78, 5) is 0. The van der Waals surface area contributed by atoms with Crippen molar-refractivity contribution in [3.05, 3.63) is 22.3 Å². The van der Waals surface area contributed by atoms with E-state index in [0.29, 0.717) is 5.75 Å². The lowest BCUT2D eigenvalue weighted by Crippen LogP contribution is -2.60. The molecule has 1 aromatic rings. The van der Waals surface area contributed by atoms with Crippen LogP contribution in [0.1, 0.15) is 42.5 Å². The summed E-state index contributed by atoms with van der Waals surface area (Å²) in [6.45, 7) is 9.46. The molecular formula is C20H30O7. The predicted molar refractivity (Wildman–Crippen MR) is 98.1 cm³/mol. The average molecular weight is 382 g/mol. The van der Waals surface area contributed by atoms with Crippen molar-refractivity contribution in [2.75, 3.05) is 6.61 Å². The van der Waals surface area contributed by atoms with Gasteiger partial charge >= 0.3 is 0 Å². The quantitative estimate of drug-likeness (QED) is 0.615. The first-order valence-corrected chi connectivity index (χ1v) is 9.36. The zero-order valence-corrected chi connectivity index (χ0v) is 16.5. The molecule has 2 aliphatic rings. The van der Waals surface area contributed by atoms with Gasteiger partial charge in [-0.25, -0.2) is 0 Å². The predicted octanol–water partition coefficient (Wildman–Crippen LogP) is 0.894. The highest BCUT2D eigenvalue weighted by Gasteiger charge is 2.45. The van der Waals surface area contributed by atoms with E-state index in [-0.39, 0.29) is 5.60 Å². The third-order valence-electron chi connectivity index (χ3n) is 5.75. The molecule has 3 rings (SSSR count). The fraction of sp³-hybridized carbons (Fsp3) is 0.700. The Morgan fingerprint density at radius 3 is 2.30 bits per heavy atom. The van der Waals surface area contributed by atoms with Crippen LogP contribution in [0.3, 0.4) is 0 Å². The van der Waals surface area contributed by atoms with Crippen LogP contribution in [-0.4, -0.2) is 63.3 Å². The van der Waals surface area contributed by atoms with Gasteiger partial charge in [0.25, 0.3) is 0 Å². The van der Waals surface area contributed by atoms with E-state index in [1.54, 1.807) is 0 Å². The molecule has 1 saturated heterocycles. The van der Waals surface area contributed by atoms with E-state index in [9.17, 15) is 20.4 Å². The Morgan fingerprint density at radius 1 is 1.00 bits per heavy atom. The molecule has 0 radical (unpaired) electrons. The zero-order chi connectivity index (χ0) is 20.1. The van der Waals surface area contributed by atoms with Gasteiger partial charge < -0.3 is 34.6 Å². The van der Waals surface area contributed by atoms with Gasteiger partial charge in [0.15, 0.2) is 0 Å². The average Bonchev–Trinajstić information content (AvgIpc) is 2.62. The van der Waals surface area contributed by atoms with Crippen molar-refractivity contribution >= 4 is 0 Å². The van der Waals surface area contributed by atoms with Crippen LogP contribution in [-0.2, 0) is 11.2 Å². The standard InChI is InChI=1S/C20H30O7/c1-9-10(2)18-12(6-7-20(4,5)27-18)11(3)17(9)26-19-16(24)15(23)14(22)13(8-21)25-19/h13-16,19,21-24H,6-8H2,1-5H3/t13-,14-,15+,16-,19+/m1/s1. The van der Waals surface area contributed by atoms with E-state index >= 15 is 0 Å². The smallest absolute Gasteiger partial charge is 0.229 e. The first kappa shape index (κ1) is 20.4. The van der Waals surface area contributed by atoms with E-state index in [1.807, 2.05) is 20.8 Å². The molecule has 7 heteroatoms. The Bertz CT molecular complexity index is 713. The minimum Gasteiger partial charge on any atom is -0.487 e. The van der Waals surface area contributed by atoms with Crippen LogP contribution in [0.5, 0.6) is 11.5 Å². The van der Waals surface area contributed by atoms with E-state index in [4.69, 9.17) is 14.2 Å². The number of hydrogen-bond acceptors (Lipinski definition) is 7. The number of hydrogen-bond donors (Lipinski definition) is 4. The molecule has 0 aliphatic carbocycles. The Hall–Kier alpha value is -1.38. The minimum atomic E-state index is -1.47. The highest BCUT2D eigenvalue weighted by atomic mass is 16.7. The van der Waals surface area contributed by atoms with Crippen LogP contribution in [0, 0.1) is 20.8 Å². The zero-order valence-electron chi connectivity index (χ0n) is 16.5. The van der Waals surface area contributed by atoms with Gasteiger partial charge in [-0.05, 0) is 64.2 Å². The Labute approximate surface area is 159 Å². The van der Waals surface area contributed by atoms with Gasteiger partial charge in [0.1, 0.15) is 41.5 Å². The van der Waals surface area contributed by atoms with Gasteiger partial charge in [-0.15, -0.1) is 0 Å². The number of fused-ring (bicyclic) bond motifs is 1. The lowest BCUT2D eigenvalue weighted by molar-refractivity contribution is -0.277. The van der Waals surface area contributed by atoms with Crippen molar-refractivity contribution in [2.45, 2.75) is 83.8 Å². The molecular weight excluding hydrogens is 352 g/mol. The van der Waals surface area contributed by atoms with Crippen molar-refractivity contribution in [1.82, 2.24) is 0 Å². The molecule has 152 valence electrons. The van der Waals surface area contributed by atoms with Gasteiger partial charge in [-0.3, -0.25) is 0 Å². The summed E-state index contributed by atoms with van der Waals surface area (Å²) in [5.41, 5.74) is 3.57. The first-order valence-electron chi connectivity index (χ1n) is 9.36. The van der Waals surface area contributed by atoms with Crippen LogP contribution in [0.15, 0.2) is 0 Å². The maximum absolute atomic E-state index is 10.3. The van der Waals surface area contributed by atoms with Crippen molar-refractivity contribution in [1.29, 1.82) is 0 Å². The fourth-order valence-corrected chi connectivity index (χ4v) is 3.81. The van der Waals surface area contributed by atoms with E-state index < -0.39 is 37.3 Å². The molecule has 0 bridgehead atoms. The highest BCUT2D eigenvalue weighted by molar-refractivity contribution is 5.59. The number of aliphatic hydroxyl groups is 4. The molecule has 5 atom stereocenters. The third-order valence-corrected chi connectivity index (χ3v) is 5.75. The van der Waals surface area contributed by atoms with E-state index in [2.05, 4.69) is 13.8 Å². The lowest BCUT2D eigenvalue weighted by atomic mass is 9.88. The number of rotatable bonds is 3. The number of aliphatic hydroxyl groups excluding tert-OH is 4. The van der Waals surface area contributed by atoms with Crippen LogP contribution in [0.25, 0.3) is 0 Å². The second-order valence-corrected chi connectivity index (χ2v) is 8.19. The summed E-state index contributed by atoms with van der Waals surface area (Å²) in [5, 5.41) is 39.6. The second-order valence-electron chi connectivity index (χ2n) is 8.19. The lowest BCUT2D eigenvalue weighted by Gasteiger charge is -2.40. The molecule has 1 aromatic carbocycles. The van der Waals surface area contributed by atoms with Crippen molar-refractivity contribution in [2.24, 2.45) is 0 Å². The highest BCUT2D eigenvalue weighted by Crippen LogP contribution is 2.44. The number of benzene rings is 1. The summed E-state index contributed by atoms with van der Waals surface area (Å²) in [6, 6.07) is 0. The minimum absolute atomic E-state index is 0.226. The maximum atomic E-state index is 10.3. The maximum Gasteiger partial charge on any atom is 0.229 e. The number of ether oxygens (including phenoxy) is 3. The molecule has 1 fully saturated rings. The van der Waals surface area contributed by atoms with Crippen molar-refractivity contribution in [3.8, 4) is 11.5 Å². The monoisotopic (exact) mass is 382 g/mol. The van der Waals surface area contributed by atoms with Gasteiger partial charge in [0, 0.05) is 5.56 Å². The Morgan fingerprint density at radius 2 is 1.67 bits per heavy atom. The second kappa shape index (κ2) is 7.22. The third kappa shape index (κ3) is 3.54. The van der Waals surface area contributed by atoms with Crippen LogP contribution in [0.4, 0.5) is 0 Å². The van der Waals surface area contributed by atoms with Gasteiger partial charge in [-0.2, -0.15) is 0 Å². The summed E-state index contributed by atoms with van der Waals surface area (Å²) >= 11 is 0. The molecule has 0 unspecified atom stereocenters. The van der Waals surface area contributed by atoms with E-state index in [1.165, 1.54) is 0 Å². The van der Waals surface area contributed by atoms with Gasteiger partial charge in [-0.1, -0.05) is 0 Å². The summed E-state index contributed by atoms with van der Waals surface area (Å²) in [5.74, 6) is 1.45. The normalized spacial score (nSPS) is 32.6. The van der Waals surface area contributed by atoms with E-state index in [0.717, 1.165) is 40.8 Å². The molecule has 2 aliphatic heterocycles. The van der Waals surface area contributed by atoms with Crippen molar-refractivity contribution in [3.63, 3.8) is 0 Å². The van der Waals surface area contributed by atoms with Crippen LogP contribution >= 0.6 is 0 Å². The molecule has 2 heterocycles. The Kier molecular flexibility index (Phi) is 5.44. The largest absolute Gasteiger partial charge is 0.487 e. The molecule has 0 aromatic heterocycles. The SMILES string of the molecule is Cc1c(C)c2c(c(C)c1O[C@@H]1O[C@H](CO)[C@@H](O)[C@H](O)[C@H]1O)CCC(C)(C)O2. The topological polar surface area (TPSA) is 109 Å². The van der Waals surface area contributed by atoms with Crippen molar-refractivity contribution < 1.29 is 34.6 Å². The fourth-order valence-electron chi connectivity index (χ4n) is 3.81. The van der Waals surface area contributed by atoms with Crippen LogP contribution in [0.2, 0.25) is 0 Å². The molecule has 27 heavy (non-hydrogen) atoms. The summed E-state index contributed by atoms with van der Waals surface area (Å²) < 4.78 is 17.7. The Balaban J connectivity index is 1.95. The molecule has 4 N–H and O–H groups in total. The van der Waals surface area contributed by atoms with Gasteiger partial charge in [0.05, 0.1) is 6.61 Å². The molecule has 0 saturated carbocycles. The first-order chi connectivity index (χ1) is 12.6. The molecule has 0 amide bonds.